The minimum Gasteiger partial charge on any atom is -0.417 e. The van der Waals surface area contributed by atoms with E-state index in [-0.39, 0.29) is 21.7 Å². The zero-order chi connectivity index (χ0) is 32.3. The van der Waals surface area contributed by atoms with E-state index in [0.29, 0.717) is 12.5 Å². The van der Waals surface area contributed by atoms with Crippen molar-refractivity contribution in [3.63, 3.8) is 0 Å². The molecule has 0 spiro atoms. The molecule has 1 unspecified atom stereocenters. The fourth-order valence-electron chi connectivity index (χ4n) is 5.06. The van der Waals surface area contributed by atoms with Crippen LogP contribution in [0.2, 0.25) is 0 Å². The summed E-state index contributed by atoms with van der Waals surface area (Å²) in [5, 5.41) is 0. The predicted octanol–water partition coefficient (Wildman–Crippen LogP) is 12.4. The summed E-state index contributed by atoms with van der Waals surface area (Å²) in [6, 6.07) is 9.21. The van der Waals surface area contributed by atoms with Gasteiger partial charge in [-0.15, -0.1) is 0 Å². The van der Waals surface area contributed by atoms with Crippen LogP contribution in [0.5, 0.6) is 11.5 Å². The maximum atomic E-state index is 6.91. The lowest BCUT2D eigenvalue weighted by molar-refractivity contribution is 0.206. The van der Waals surface area contributed by atoms with Crippen molar-refractivity contribution in [2.24, 2.45) is 5.92 Å². The lowest BCUT2D eigenvalue weighted by Gasteiger charge is -2.32. The number of benzene rings is 2. The average Bonchev–Trinajstić information content (AvgIpc) is 2.83. The quantitative estimate of drug-likeness (QED) is 0.241. The van der Waals surface area contributed by atoms with Crippen LogP contribution in [0.15, 0.2) is 24.3 Å². The van der Waals surface area contributed by atoms with Crippen LogP contribution < -0.4 is 9.05 Å². The molecule has 0 aromatic heterocycles. The molecule has 0 bridgehead atoms. The smallest absolute Gasteiger partial charge is 0.417 e. The van der Waals surface area contributed by atoms with E-state index < -0.39 is 8.60 Å². The molecule has 0 saturated heterocycles. The summed E-state index contributed by atoms with van der Waals surface area (Å²) in [5.74, 6) is 2.27. The summed E-state index contributed by atoms with van der Waals surface area (Å²) in [6.45, 7) is 36.7. The third kappa shape index (κ3) is 9.99. The van der Waals surface area contributed by atoms with Crippen LogP contribution >= 0.6 is 8.60 Å². The second kappa shape index (κ2) is 14.0. The highest BCUT2D eigenvalue weighted by atomic mass is 31.2. The summed E-state index contributed by atoms with van der Waals surface area (Å²) in [4.78, 5) is 0. The van der Waals surface area contributed by atoms with Gasteiger partial charge in [-0.1, -0.05) is 140 Å². The van der Waals surface area contributed by atoms with E-state index in [9.17, 15) is 0 Å². The largest absolute Gasteiger partial charge is 0.463 e. The van der Waals surface area contributed by atoms with Gasteiger partial charge in [0.25, 0.3) is 0 Å². The summed E-state index contributed by atoms with van der Waals surface area (Å²) in [7, 11) is -1.70. The Hall–Kier alpha value is -1.57. The van der Waals surface area contributed by atoms with Crippen LogP contribution in [0, 0.1) is 19.8 Å². The van der Waals surface area contributed by atoms with Crippen LogP contribution in [0.1, 0.15) is 156 Å². The zero-order valence-electron chi connectivity index (χ0n) is 30.1. The van der Waals surface area contributed by atoms with Gasteiger partial charge in [-0.25, -0.2) is 0 Å². The summed E-state index contributed by atoms with van der Waals surface area (Å²) < 4.78 is 20.5. The van der Waals surface area contributed by atoms with Crippen molar-refractivity contribution in [1.82, 2.24) is 0 Å². The highest BCUT2D eigenvalue weighted by Gasteiger charge is 2.32. The molecule has 2 rings (SSSR count). The van der Waals surface area contributed by atoms with E-state index in [0.717, 1.165) is 35.5 Å². The molecule has 238 valence electrons. The first-order valence-corrected chi connectivity index (χ1v) is 17.3. The van der Waals surface area contributed by atoms with E-state index in [1.54, 1.807) is 0 Å². The van der Waals surface area contributed by atoms with Gasteiger partial charge in [-0.3, -0.25) is 4.52 Å². The van der Waals surface area contributed by atoms with Gasteiger partial charge in [0.2, 0.25) is 0 Å². The predicted molar refractivity (Wildman–Crippen MR) is 185 cm³/mol. The van der Waals surface area contributed by atoms with Crippen LogP contribution in [-0.4, -0.2) is 6.61 Å². The fourth-order valence-corrected chi connectivity index (χ4v) is 6.31. The molecule has 0 saturated carbocycles. The fraction of sp³-hybridized carbons (Fsp3) is 0.684. The van der Waals surface area contributed by atoms with E-state index >= 15 is 0 Å². The number of unbranched alkanes of at least 4 members (excludes halogenated alkanes) is 1. The molecule has 42 heavy (non-hydrogen) atoms. The molecule has 0 aliphatic heterocycles. The third-order valence-corrected chi connectivity index (χ3v) is 9.21. The van der Waals surface area contributed by atoms with Gasteiger partial charge in [-0.05, 0) is 70.1 Å². The van der Waals surface area contributed by atoms with Crippen molar-refractivity contribution in [3.05, 3.63) is 57.6 Å². The summed E-state index contributed by atoms with van der Waals surface area (Å²) in [6.07, 6.45) is 4.66. The van der Waals surface area contributed by atoms with Crippen LogP contribution in [0.4, 0.5) is 0 Å². The standard InChI is InChI=1S/C38H63O3P/c1-17-19-20-28(18-2)25-39-42(40-33-26(3)21-29(35(5,6)7)23-31(33)37(11,12)13)41-34-27(4)22-30(36(8,9)10)24-32(34)38(14,15)16/h21-24,28H,17-20,25H2,1-16H3. The normalized spacial score (nSPS) is 13.9. The van der Waals surface area contributed by atoms with Crippen molar-refractivity contribution in [2.75, 3.05) is 6.61 Å². The van der Waals surface area contributed by atoms with Gasteiger partial charge >= 0.3 is 8.60 Å². The first-order chi connectivity index (χ1) is 19.1. The molecule has 0 heterocycles. The van der Waals surface area contributed by atoms with Crippen LogP contribution in [0.25, 0.3) is 0 Å². The minimum atomic E-state index is -1.70. The molecule has 0 radical (unpaired) electrons. The summed E-state index contributed by atoms with van der Waals surface area (Å²) >= 11 is 0. The van der Waals surface area contributed by atoms with Gasteiger partial charge in [0, 0.05) is 11.1 Å². The Morgan fingerprint density at radius 2 is 1.02 bits per heavy atom. The van der Waals surface area contributed by atoms with Crippen LogP contribution in [0.3, 0.4) is 0 Å². The Morgan fingerprint density at radius 1 is 0.619 bits per heavy atom. The molecule has 2 aromatic rings. The third-order valence-electron chi connectivity index (χ3n) is 8.19. The van der Waals surface area contributed by atoms with Crippen molar-refractivity contribution in [2.45, 2.75) is 158 Å². The van der Waals surface area contributed by atoms with Crippen molar-refractivity contribution in [3.8, 4) is 11.5 Å². The van der Waals surface area contributed by atoms with E-state index in [4.69, 9.17) is 13.6 Å². The number of rotatable bonds is 11. The van der Waals surface area contributed by atoms with Gasteiger partial charge < -0.3 is 9.05 Å². The van der Waals surface area contributed by atoms with E-state index in [2.05, 4.69) is 135 Å². The van der Waals surface area contributed by atoms with Crippen molar-refractivity contribution in [1.29, 1.82) is 0 Å². The number of aryl methyl sites for hydroxylation is 2. The van der Waals surface area contributed by atoms with Crippen LogP contribution in [-0.2, 0) is 26.2 Å². The number of hydrogen-bond donors (Lipinski definition) is 0. The van der Waals surface area contributed by atoms with Gasteiger partial charge in [0.05, 0.1) is 6.61 Å². The zero-order valence-corrected chi connectivity index (χ0v) is 31.0. The SMILES string of the molecule is CCCCC(CC)COP(Oc1c(C)cc(C(C)(C)C)cc1C(C)(C)C)Oc1c(C)cc(C(C)(C)C)cc1C(C)(C)C. The number of hydrogen-bond acceptors (Lipinski definition) is 3. The van der Waals surface area contributed by atoms with E-state index in [1.165, 1.54) is 35.1 Å². The Kier molecular flexibility index (Phi) is 12.2. The molecule has 0 aliphatic carbocycles. The highest BCUT2D eigenvalue weighted by molar-refractivity contribution is 7.42. The molecular formula is C38H63O3P. The lowest BCUT2D eigenvalue weighted by atomic mass is 9.79. The summed E-state index contributed by atoms with van der Waals surface area (Å²) in [5.41, 5.74) is 7.16. The first-order valence-electron chi connectivity index (χ1n) is 16.2. The van der Waals surface area contributed by atoms with Gasteiger partial charge in [0.1, 0.15) is 11.5 Å². The molecule has 2 aromatic carbocycles. The first kappa shape index (κ1) is 36.6. The molecular weight excluding hydrogens is 535 g/mol. The van der Waals surface area contributed by atoms with E-state index in [1.807, 2.05) is 0 Å². The molecule has 0 amide bonds. The monoisotopic (exact) mass is 598 g/mol. The average molecular weight is 599 g/mol. The molecule has 0 fully saturated rings. The van der Waals surface area contributed by atoms with Gasteiger partial charge in [-0.2, -0.15) is 0 Å². The Morgan fingerprint density at radius 3 is 1.33 bits per heavy atom. The highest BCUT2D eigenvalue weighted by Crippen LogP contribution is 2.50. The maximum Gasteiger partial charge on any atom is 0.463 e. The molecule has 4 heteroatoms. The van der Waals surface area contributed by atoms with Crippen molar-refractivity contribution < 1.29 is 13.6 Å². The molecule has 3 nitrogen and oxygen atoms in total. The molecule has 0 aliphatic rings. The van der Waals surface area contributed by atoms with Gasteiger partial charge in [0.15, 0.2) is 0 Å². The molecule has 0 N–H and O–H groups in total. The second-order valence-corrected chi connectivity index (χ2v) is 17.5. The Bertz CT molecular complexity index is 1090. The lowest BCUT2D eigenvalue weighted by Crippen LogP contribution is -2.20. The second-order valence-electron chi connectivity index (χ2n) is 16.5. The Labute approximate surface area is 261 Å². The van der Waals surface area contributed by atoms with Crippen molar-refractivity contribution >= 4 is 8.60 Å². The Balaban J connectivity index is 2.67. The topological polar surface area (TPSA) is 27.7 Å². The maximum absolute atomic E-state index is 6.91. The molecule has 1 atom stereocenters. The minimum absolute atomic E-state index is 0.0438.